The van der Waals surface area contributed by atoms with E-state index in [1.807, 2.05) is 12.1 Å². The number of anilines is 1. The third-order valence-electron chi connectivity index (χ3n) is 2.10. The van der Waals surface area contributed by atoms with Crippen molar-refractivity contribution in [3.63, 3.8) is 0 Å². The molecule has 0 amide bonds. The highest BCUT2D eigenvalue weighted by Gasteiger charge is 2.01. The summed E-state index contributed by atoms with van der Waals surface area (Å²) in [5.74, 6) is 0.709. The Hall–Kier alpha value is -1.05. The fraction of sp³-hybridized carbons (Fsp3) is 0.500. The van der Waals surface area contributed by atoms with Crippen molar-refractivity contribution >= 4 is 5.69 Å². The van der Waals surface area contributed by atoms with Gasteiger partial charge in [0.25, 0.3) is 0 Å². The van der Waals surface area contributed by atoms with Gasteiger partial charge in [0.15, 0.2) is 0 Å². The quantitative estimate of drug-likeness (QED) is 0.744. The largest absolute Gasteiger partial charge is 0.397 e. The Bertz CT molecular complexity index is 228. The Kier molecular flexibility index (Phi) is 3.09. The molecule has 0 bridgehead atoms. The van der Waals surface area contributed by atoms with E-state index < -0.39 is 0 Å². The number of nitrogens with zero attached hydrogens (tertiary/aromatic N) is 1. The van der Waals surface area contributed by atoms with Crippen LogP contribution >= 0.6 is 0 Å². The fourth-order valence-electron chi connectivity index (χ4n) is 1.06. The molecule has 0 spiro atoms. The van der Waals surface area contributed by atoms with Gasteiger partial charge >= 0.3 is 0 Å². The summed E-state index contributed by atoms with van der Waals surface area (Å²) in [6, 6.07) is 3.91. The molecule has 0 aliphatic carbocycles. The van der Waals surface area contributed by atoms with Gasteiger partial charge in [0.2, 0.25) is 0 Å². The first-order valence-electron chi connectivity index (χ1n) is 4.42. The number of hydrogen-bond acceptors (Lipinski definition) is 2. The first-order valence-corrected chi connectivity index (χ1v) is 4.42. The smallest absolute Gasteiger partial charge is 0.0501 e. The number of rotatable bonds is 3. The normalized spacial score (nSPS) is 12.8. The van der Waals surface area contributed by atoms with E-state index in [-0.39, 0.29) is 0 Å². The molecule has 1 heterocycles. The second kappa shape index (κ2) is 4.10. The molecule has 1 aromatic rings. The minimum atomic E-state index is 0.709. The topological polar surface area (TPSA) is 38.9 Å². The maximum atomic E-state index is 5.53. The molecule has 66 valence electrons. The van der Waals surface area contributed by atoms with E-state index in [1.165, 1.54) is 6.42 Å². The number of aromatic nitrogens is 1. The molecule has 0 aliphatic rings. The van der Waals surface area contributed by atoms with Gasteiger partial charge in [0.05, 0.1) is 11.9 Å². The van der Waals surface area contributed by atoms with Gasteiger partial charge in [-0.15, -0.1) is 0 Å². The van der Waals surface area contributed by atoms with Crippen LogP contribution in [0.3, 0.4) is 0 Å². The average molecular weight is 164 g/mol. The maximum absolute atomic E-state index is 5.53. The summed E-state index contributed by atoms with van der Waals surface area (Å²) in [6.07, 6.45) is 3.97. The Morgan fingerprint density at radius 2 is 2.25 bits per heavy atom. The van der Waals surface area contributed by atoms with Crippen molar-refractivity contribution < 1.29 is 0 Å². The third kappa shape index (κ3) is 2.53. The summed E-state index contributed by atoms with van der Waals surface area (Å²) in [4.78, 5) is 4.24. The van der Waals surface area contributed by atoms with E-state index in [9.17, 15) is 0 Å². The molecule has 12 heavy (non-hydrogen) atoms. The molecule has 1 atom stereocenters. The van der Waals surface area contributed by atoms with Crippen LogP contribution in [0.5, 0.6) is 0 Å². The van der Waals surface area contributed by atoms with Crippen molar-refractivity contribution in [2.24, 2.45) is 5.92 Å². The van der Waals surface area contributed by atoms with Gasteiger partial charge in [0, 0.05) is 5.69 Å². The molecule has 0 saturated heterocycles. The van der Waals surface area contributed by atoms with Gasteiger partial charge in [-0.1, -0.05) is 20.3 Å². The Balaban J connectivity index is 2.58. The van der Waals surface area contributed by atoms with E-state index in [2.05, 4.69) is 18.8 Å². The molecule has 0 fully saturated rings. The highest BCUT2D eigenvalue weighted by atomic mass is 14.7. The van der Waals surface area contributed by atoms with E-state index in [1.54, 1.807) is 6.20 Å². The van der Waals surface area contributed by atoms with Gasteiger partial charge in [0.1, 0.15) is 0 Å². The van der Waals surface area contributed by atoms with Crippen LogP contribution < -0.4 is 5.73 Å². The molecular formula is C10H16N2. The van der Waals surface area contributed by atoms with Gasteiger partial charge in [-0.25, -0.2) is 0 Å². The van der Waals surface area contributed by atoms with Crippen molar-refractivity contribution in [3.05, 3.63) is 24.0 Å². The Morgan fingerprint density at radius 1 is 1.50 bits per heavy atom. The molecule has 1 rings (SSSR count). The maximum Gasteiger partial charge on any atom is 0.0501 e. The molecule has 1 unspecified atom stereocenters. The van der Waals surface area contributed by atoms with Gasteiger partial charge < -0.3 is 5.73 Å². The monoisotopic (exact) mass is 164 g/mol. The summed E-state index contributed by atoms with van der Waals surface area (Å²) in [5, 5.41) is 0. The lowest BCUT2D eigenvalue weighted by Gasteiger charge is -2.06. The van der Waals surface area contributed by atoms with E-state index >= 15 is 0 Å². The van der Waals surface area contributed by atoms with Crippen LogP contribution in [0.25, 0.3) is 0 Å². The minimum Gasteiger partial charge on any atom is -0.397 e. The van der Waals surface area contributed by atoms with Crippen LogP contribution in [0, 0.1) is 5.92 Å². The molecule has 2 nitrogen and oxygen atoms in total. The summed E-state index contributed by atoms with van der Waals surface area (Å²) in [5.41, 5.74) is 7.40. The summed E-state index contributed by atoms with van der Waals surface area (Å²) in [6.45, 7) is 4.43. The van der Waals surface area contributed by atoms with Crippen molar-refractivity contribution in [2.45, 2.75) is 26.7 Å². The highest BCUT2D eigenvalue weighted by Crippen LogP contribution is 2.10. The third-order valence-corrected chi connectivity index (χ3v) is 2.10. The molecule has 0 saturated carbocycles. The Morgan fingerprint density at radius 3 is 2.75 bits per heavy atom. The molecule has 2 heteroatoms. The van der Waals surface area contributed by atoms with Crippen molar-refractivity contribution in [2.75, 3.05) is 5.73 Å². The molecule has 1 aromatic heterocycles. The van der Waals surface area contributed by atoms with Crippen LogP contribution in [0.1, 0.15) is 26.0 Å². The van der Waals surface area contributed by atoms with Crippen LogP contribution in [0.15, 0.2) is 18.3 Å². The number of nitrogen functional groups attached to an aromatic ring is 1. The standard InChI is InChI=1S/C10H16N2/c1-3-8(2)6-10-5-4-9(11)7-12-10/h4-5,7-8H,3,6,11H2,1-2H3. The molecule has 0 radical (unpaired) electrons. The SMILES string of the molecule is CCC(C)Cc1ccc(N)cn1. The number of nitrogens with two attached hydrogens (primary N) is 1. The molecule has 0 aromatic carbocycles. The first-order chi connectivity index (χ1) is 5.72. The van der Waals surface area contributed by atoms with Gasteiger partial charge in [-0.3, -0.25) is 4.98 Å². The minimum absolute atomic E-state index is 0.709. The van der Waals surface area contributed by atoms with Crippen LogP contribution in [0.2, 0.25) is 0 Å². The second-order valence-electron chi connectivity index (χ2n) is 3.30. The molecule has 0 aliphatic heterocycles. The lowest BCUT2D eigenvalue weighted by atomic mass is 10.0. The van der Waals surface area contributed by atoms with Crippen LogP contribution in [-0.4, -0.2) is 4.98 Å². The summed E-state index contributed by atoms with van der Waals surface area (Å²) < 4.78 is 0. The lowest BCUT2D eigenvalue weighted by Crippen LogP contribution is -2.00. The predicted octanol–water partition coefficient (Wildman–Crippen LogP) is 2.25. The first kappa shape index (κ1) is 9.04. The van der Waals surface area contributed by atoms with E-state index in [0.717, 1.165) is 17.8 Å². The van der Waals surface area contributed by atoms with Crippen LogP contribution in [0.4, 0.5) is 5.69 Å². The average Bonchev–Trinajstić information content (AvgIpc) is 2.09. The summed E-state index contributed by atoms with van der Waals surface area (Å²) >= 11 is 0. The second-order valence-corrected chi connectivity index (χ2v) is 3.30. The molecular weight excluding hydrogens is 148 g/mol. The van der Waals surface area contributed by atoms with Crippen LogP contribution in [-0.2, 0) is 6.42 Å². The highest BCUT2D eigenvalue weighted by molar-refractivity contribution is 5.34. The van der Waals surface area contributed by atoms with Gasteiger partial charge in [-0.05, 0) is 24.5 Å². The molecule has 2 N–H and O–H groups in total. The zero-order valence-electron chi connectivity index (χ0n) is 7.75. The zero-order valence-corrected chi connectivity index (χ0v) is 7.75. The van der Waals surface area contributed by atoms with Gasteiger partial charge in [-0.2, -0.15) is 0 Å². The summed E-state index contributed by atoms with van der Waals surface area (Å²) in [7, 11) is 0. The predicted molar refractivity (Wildman–Crippen MR) is 51.8 cm³/mol. The van der Waals surface area contributed by atoms with Crippen molar-refractivity contribution in [3.8, 4) is 0 Å². The number of hydrogen-bond donors (Lipinski definition) is 1. The zero-order chi connectivity index (χ0) is 8.97. The fourth-order valence-corrected chi connectivity index (χ4v) is 1.06. The number of pyridine rings is 1. The van der Waals surface area contributed by atoms with Crippen molar-refractivity contribution in [1.29, 1.82) is 0 Å². The van der Waals surface area contributed by atoms with E-state index in [0.29, 0.717) is 5.92 Å². The van der Waals surface area contributed by atoms with Crippen molar-refractivity contribution in [1.82, 2.24) is 4.98 Å². The Labute approximate surface area is 73.8 Å². The lowest BCUT2D eigenvalue weighted by molar-refractivity contribution is 0.553. The van der Waals surface area contributed by atoms with E-state index in [4.69, 9.17) is 5.73 Å².